The first-order chi connectivity index (χ1) is 14.3. The van der Waals surface area contributed by atoms with Gasteiger partial charge in [0.1, 0.15) is 12.1 Å². The van der Waals surface area contributed by atoms with E-state index in [0.717, 1.165) is 63.0 Å². The summed E-state index contributed by atoms with van der Waals surface area (Å²) >= 11 is 0. The molecule has 5 rings (SSSR count). The maximum Gasteiger partial charge on any atom is 0.251 e. The van der Waals surface area contributed by atoms with Gasteiger partial charge in [0.05, 0.1) is 13.2 Å². The van der Waals surface area contributed by atoms with Crippen LogP contribution in [0.15, 0.2) is 42.7 Å². The smallest absolute Gasteiger partial charge is 0.251 e. The van der Waals surface area contributed by atoms with E-state index >= 15 is 0 Å². The van der Waals surface area contributed by atoms with Gasteiger partial charge >= 0.3 is 0 Å². The molecule has 2 aliphatic heterocycles. The van der Waals surface area contributed by atoms with Crippen molar-refractivity contribution < 1.29 is 9.53 Å². The van der Waals surface area contributed by atoms with Crippen molar-refractivity contribution >= 4 is 23.1 Å². The SMILES string of the molecule is O=C(N[C@H]1CCN(c2ccc3nncn3n2)C1)c1ccc(N2CCOCC2)cc1. The fourth-order valence-electron chi connectivity index (χ4n) is 3.89. The molecule has 1 N–H and O–H groups in total. The molecule has 9 heteroatoms. The minimum Gasteiger partial charge on any atom is -0.378 e. The Morgan fingerprint density at radius 3 is 2.69 bits per heavy atom. The lowest BCUT2D eigenvalue weighted by atomic mass is 10.1. The van der Waals surface area contributed by atoms with E-state index in [1.54, 1.807) is 10.8 Å². The molecule has 29 heavy (non-hydrogen) atoms. The predicted molar refractivity (Wildman–Crippen MR) is 108 cm³/mol. The van der Waals surface area contributed by atoms with Gasteiger partial charge in [-0.25, -0.2) is 0 Å². The molecule has 1 atom stereocenters. The number of hydrogen-bond donors (Lipinski definition) is 1. The lowest BCUT2D eigenvalue weighted by Crippen LogP contribution is -2.37. The van der Waals surface area contributed by atoms with E-state index in [2.05, 4.69) is 30.4 Å². The van der Waals surface area contributed by atoms with Crippen molar-refractivity contribution in [3.63, 3.8) is 0 Å². The number of anilines is 2. The third-order valence-electron chi connectivity index (χ3n) is 5.50. The number of carbonyl (C=O) groups is 1. The summed E-state index contributed by atoms with van der Waals surface area (Å²) in [6.07, 6.45) is 2.48. The fraction of sp³-hybridized carbons (Fsp3) is 0.400. The third kappa shape index (κ3) is 3.73. The third-order valence-corrected chi connectivity index (χ3v) is 5.50. The van der Waals surface area contributed by atoms with E-state index in [1.807, 2.05) is 36.4 Å². The van der Waals surface area contributed by atoms with Crippen LogP contribution in [-0.2, 0) is 4.74 Å². The molecule has 0 bridgehead atoms. The van der Waals surface area contributed by atoms with Crippen LogP contribution in [0.4, 0.5) is 11.5 Å². The Morgan fingerprint density at radius 2 is 1.86 bits per heavy atom. The molecule has 0 unspecified atom stereocenters. The Kier molecular flexibility index (Phi) is 4.73. The quantitative estimate of drug-likeness (QED) is 0.707. The average molecular weight is 393 g/mol. The molecule has 1 aromatic carbocycles. The minimum atomic E-state index is -0.0346. The van der Waals surface area contributed by atoms with Gasteiger partial charge in [-0.1, -0.05) is 0 Å². The van der Waals surface area contributed by atoms with Crippen molar-refractivity contribution in [1.82, 2.24) is 25.1 Å². The highest BCUT2D eigenvalue weighted by molar-refractivity contribution is 5.94. The second-order valence-electron chi connectivity index (χ2n) is 7.38. The Hall–Kier alpha value is -3.20. The standard InChI is InChI=1S/C20H23N7O2/c28-20(15-1-3-17(4-2-15)25-9-11-29-12-10-25)22-16-7-8-26(13-16)19-6-5-18-23-21-14-27(18)24-19/h1-6,14,16H,7-13H2,(H,22,28)/t16-/m0/s1. The zero-order valence-electron chi connectivity index (χ0n) is 16.1. The fourth-order valence-corrected chi connectivity index (χ4v) is 3.89. The Labute approximate surface area is 168 Å². The lowest BCUT2D eigenvalue weighted by Gasteiger charge is -2.28. The molecule has 0 spiro atoms. The highest BCUT2D eigenvalue weighted by atomic mass is 16.5. The maximum atomic E-state index is 12.7. The molecule has 0 saturated carbocycles. The summed E-state index contributed by atoms with van der Waals surface area (Å²) in [5, 5.41) is 15.5. The maximum absolute atomic E-state index is 12.7. The number of nitrogens with one attached hydrogen (secondary N) is 1. The number of rotatable bonds is 4. The van der Waals surface area contributed by atoms with Gasteiger partial charge in [0.25, 0.3) is 5.91 Å². The van der Waals surface area contributed by atoms with Crippen molar-refractivity contribution in [3.05, 3.63) is 48.3 Å². The Bertz CT molecular complexity index is 997. The predicted octanol–water partition coefficient (Wildman–Crippen LogP) is 0.970. The first-order valence-electron chi connectivity index (χ1n) is 9.92. The van der Waals surface area contributed by atoms with Crippen LogP contribution in [0.5, 0.6) is 0 Å². The summed E-state index contributed by atoms with van der Waals surface area (Å²) in [6, 6.07) is 11.8. The van der Waals surface area contributed by atoms with Gasteiger partial charge in [-0.05, 0) is 42.8 Å². The first kappa shape index (κ1) is 17.9. The molecular weight excluding hydrogens is 370 g/mol. The molecular formula is C20H23N7O2. The van der Waals surface area contributed by atoms with Crippen molar-refractivity contribution in [3.8, 4) is 0 Å². The molecule has 1 amide bonds. The van der Waals surface area contributed by atoms with Gasteiger partial charge in [-0.2, -0.15) is 4.52 Å². The van der Waals surface area contributed by atoms with Crippen LogP contribution >= 0.6 is 0 Å². The molecule has 2 aliphatic rings. The number of morpholine rings is 1. The zero-order valence-corrected chi connectivity index (χ0v) is 16.1. The summed E-state index contributed by atoms with van der Waals surface area (Å²) in [4.78, 5) is 17.1. The molecule has 2 aromatic heterocycles. The van der Waals surface area contributed by atoms with Crippen LogP contribution < -0.4 is 15.1 Å². The molecule has 0 radical (unpaired) electrons. The lowest BCUT2D eigenvalue weighted by molar-refractivity contribution is 0.0940. The zero-order chi connectivity index (χ0) is 19.6. The highest BCUT2D eigenvalue weighted by Gasteiger charge is 2.25. The van der Waals surface area contributed by atoms with E-state index in [0.29, 0.717) is 5.56 Å². The summed E-state index contributed by atoms with van der Waals surface area (Å²) < 4.78 is 7.06. The van der Waals surface area contributed by atoms with E-state index in [-0.39, 0.29) is 11.9 Å². The van der Waals surface area contributed by atoms with Crippen molar-refractivity contribution in [1.29, 1.82) is 0 Å². The number of fused-ring (bicyclic) bond motifs is 1. The largest absolute Gasteiger partial charge is 0.378 e. The molecule has 150 valence electrons. The van der Waals surface area contributed by atoms with Crippen LogP contribution in [-0.4, -0.2) is 71.2 Å². The van der Waals surface area contributed by atoms with Gasteiger partial charge in [0.15, 0.2) is 5.65 Å². The van der Waals surface area contributed by atoms with Crippen LogP contribution in [0.1, 0.15) is 16.8 Å². The molecule has 0 aliphatic carbocycles. The van der Waals surface area contributed by atoms with Crippen molar-refractivity contribution in [2.24, 2.45) is 0 Å². The second-order valence-corrected chi connectivity index (χ2v) is 7.38. The van der Waals surface area contributed by atoms with Gasteiger partial charge in [-0.15, -0.1) is 15.3 Å². The van der Waals surface area contributed by atoms with Crippen LogP contribution in [0.25, 0.3) is 5.65 Å². The molecule has 9 nitrogen and oxygen atoms in total. The van der Waals surface area contributed by atoms with Crippen LogP contribution in [0.3, 0.4) is 0 Å². The van der Waals surface area contributed by atoms with Gasteiger partial charge in [0.2, 0.25) is 0 Å². The first-order valence-corrected chi connectivity index (χ1v) is 9.92. The average Bonchev–Trinajstić information content (AvgIpc) is 3.43. The Morgan fingerprint density at radius 1 is 1.03 bits per heavy atom. The molecule has 2 fully saturated rings. The summed E-state index contributed by atoms with van der Waals surface area (Å²) in [6.45, 7) is 4.86. The van der Waals surface area contributed by atoms with E-state index in [1.165, 1.54) is 0 Å². The summed E-state index contributed by atoms with van der Waals surface area (Å²) in [5.41, 5.74) is 2.54. The monoisotopic (exact) mass is 393 g/mol. The molecule has 3 aromatic rings. The number of ether oxygens (including phenoxy) is 1. The van der Waals surface area contributed by atoms with E-state index < -0.39 is 0 Å². The summed E-state index contributed by atoms with van der Waals surface area (Å²) in [5.74, 6) is 0.830. The number of carbonyl (C=O) groups excluding carboxylic acids is 1. The molecule has 4 heterocycles. The van der Waals surface area contributed by atoms with E-state index in [4.69, 9.17) is 4.74 Å². The topological polar surface area (TPSA) is 87.9 Å². The highest BCUT2D eigenvalue weighted by Crippen LogP contribution is 2.20. The number of amides is 1. The normalized spacial score (nSPS) is 19.7. The molecule has 2 saturated heterocycles. The number of aromatic nitrogens is 4. The van der Waals surface area contributed by atoms with Gasteiger partial charge in [0, 0.05) is 43.5 Å². The Balaban J connectivity index is 1.20. The van der Waals surface area contributed by atoms with Crippen molar-refractivity contribution in [2.45, 2.75) is 12.5 Å². The minimum absolute atomic E-state index is 0.0346. The summed E-state index contributed by atoms with van der Waals surface area (Å²) in [7, 11) is 0. The van der Waals surface area contributed by atoms with Gasteiger partial charge in [-0.3, -0.25) is 4.79 Å². The van der Waals surface area contributed by atoms with Crippen LogP contribution in [0.2, 0.25) is 0 Å². The number of nitrogens with zero attached hydrogens (tertiary/aromatic N) is 6. The van der Waals surface area contributed by atoms with E-state index in [9.17, 15) is 4.79 Å². The van der Waals surface area contributed by atoms with Gasteiger partial charge < -0.3 is 19.9 Å². The second kappa shape index (κ2) is 7.67. The van der Waals surface area contributed by atoms with Crippen LogP contribution in [0, 0.1) is 0 Å². The number of benzene rings is 1. The number of hydrogen-bond acceptors (Lipinski definition) is 7. The van der Waals surface area contributed by atoms with Crippen molar-refractivity contribution in [2.75, 3.05) is 49.2 Å².